The highest BCUT2D eigenvalue weighted by molar-refractivity contribution is 8.00. The first-order valence-electron chi connectivity index (χ1n) is 5.50. The van der Waals surface area contributed by atoms with Gasteiger partial charge >= 0.3 is 0 Å². The molecule has 1 aromatic carbocycles. The van der Waals surface area contributed by atoms with Crippen LogP contribution >= 0.6 is 23.1 Å². The summed E-state index contributed by atoms with van der Waals surface area (Å²) in [6.07, 6.45) is 1.81. The highest BCUT2D eigenvalue weighted by Crippen LogP contribution is 2.31. The number of benzene rings is 1. The Bertz CT molecular complexity index is 664. The molecule has 0 saturated carbocycles. The maximum atomic E-state index is 5.76. The smallest absolute Gasteiger partial charge is 0.151 e. The van der Waals surface area contributed by atoms with Crippen LogP contribution in [0.5, 0.6) is 0 Å². The second kappa shape index (κ2) is 4.96. The lowest BCUT2D eigenvalue weighted by molar-refractivity contribution is 1.17. The van der Waals surface area contributed by atoms with Crippen molar-refractivity contribution in [2.75, 3.05) is 5.73 Å². The molecule has 0 saturated heterocycles. The molecule has 2 N–H and O–H groups in total. The summed E-state index contributed by atoms with van der Waals surface area (Å²) >= 11 is 3.38. The molecule has 0 aliphatic rings. The number of thiazole rings is 1. The van der Waals surface area contributed by atoms with Crippen LogP contribution in [0, 0.1) is 0 Å². The van der Waals surface area contributed by atoms with E-state index in [1.54, 1.807) is 23.1 Å². The molecule has 0 amide bonds. The first-order chi connectivity index (χ1) is 8.81. The summed E-state index contributed by atoms with van der Waals surface area (Å²) in [4.78, 5) is 8.86. The molecule has 0 aliphatic heterocycles. The highest BCUT2D eigenvalue weighted by atomic mass is 32.2. The van der Waals surface area contributed by atoms with Gasteiger partial charge in [0.15, 0.2) is 4.34 Å². The van der Waals surface area contributed by atoms with E-state index in [4.69, 9.17) is 5.73 Å². The number of hydrogen-bond donors (Lipinski definition) is 1. The Labute approximate surface area is 113 Å². The molecule has 3 nitrogen and oxygen atoms in total. The lowest BCUT2D eigenvalue weighted by Crippen LogP contribution is -1.83. The fourth-order valence-electron chi connectivity index (χ4n) is 1.60. The number of pyridine rings is 1. The van der Waals surface area contributed by atoms with E-state index in [9.17, 15) is 0 Å². The number of nitrogens with zero attached hydrogens (tertiary/aromatic N) is 2. The zero-order valence-corrected chi connectivity index (χ0v) is 11.2. The molecule has 0 radical (unpaired) electrons. The van der Waals surface area contributed by atoms with Crippen molar-refractivity contribution in [2.45, 2.75) is 10.1 Å². The van der Waals surface area contributed by atoms with Crippen molar-refractivity contribution >= 4 is 39.0 Å². The summed E-state index contributed by atoms with van der Waals surface area (Å²) in [5, 5.41) is 0. The quantitative estimate of drug-likeness (QED) is 0.585. The summed E-state index contributed by atoms with van der Waals surface area (Å²) in [7, 11) is 0. The zero-order valence-electron chi connectivity index (χ0n) is 9.54. The highest BCUT2D eigenvalue weighted by Gasteiger charge is 2.05. The number of hydrogen-bond acceptors (Lipinski definition) is 5. The van der Waals surface area contributed by atoms with E-state index in [0.717, 1.165) is 31.7 Å². The Morgan fingerprint density at radius 3 is 3.00 bits per heavy atom. The van der Waals surface area contributed by atoms with Gasteiger partial charge in [-0.05, 0) is 30.3 Å². The largest absolute Gasteiger partial charge is 0.399 e. The van der Waals surface area contributed by atoms with Gasteiger partial charge in [-0.3, -0.25) is 4.98 Å². The third-order valence-electron chi connectivity index (χ3n) is 2.46. The first kappa shape index (κ1) is 11.5. The molecule has 5 heteroatoms. The van der Waals surface area contributed by atoms with E-state index in [1.807, 2.05) is 42.6 Å². The Kier molecular flexibility index (Phi) is 3.17. The number of rotatable bonds is 3. The number of fused-ring (bicyclic) bond motifs is 1. The molecular formula is C13H11N3S2. The van der Waals surface area contributed by atoms with Crippen molar-refractivity contribution in [1.29, 1.82) is 0 Å². The maximum absolute atomic E-state index is 5.76. The number of thioether (sulfide) groups is 1. The number of anilines is 1. The van der Waals surface area contributed by atoms with Crippen LogP contribution in [0.25, 0.3) is 10.2 Å². The summed E-state index contributed by atoms with van der Waals surface area (Å²) in [5.41, 5.74) is 8.63. The van der Waals surface area contributed by atoms with Crippen molar-refractivity contribution < 1.29 is 0 Å². The van der Waals surface area contributed by atoms with Gasteiger partial charge in [0.05, 0.1) is 15.9 Å². The van der Waals surface area contributed by atoms with Crippen LogP contribution in [-0.2, 0) is 5.75 Å². The van der Waals surface area contributed by atoms with Gasteiger partial charge in [-0.2, -0.15) is 0 Å². The number of nitrogen functional groups attached to an aromatic ring is 1. The predicted molar refractivity (Wildman–Crippen MR) is 77.8 cm³/mol. The molecule has 3 aromatic rings. The standard InChI is InChI=1S/C13H11N3S2/c14-9-4-5-11-12(7-9)18-13(16-11)17-8-10-3-1-2-6-15-10/h1-7H,8,14H2. The van der Waals surface area contributed by atoms with Gasteiger partial charge < -0.3 is 5.73 Å². The zero-order chi connectivity index (χ0) is 12.4. The van der Waals surface area contributed by atoms with E-state index < -0.39 is 0 Å². The molecule has 0 aliphatic carbocycles. The molecule has 2 heterocycles. The average molecular weight is 273 g/mol. The molecule has 0 spiro atoms. The van der Waals surface area contributed by atoms with Gasteiger partial charge in [0.25, 0.3) is 0 Å². The predicted octanol–water partition coefficient (Wildman–Crippen LogP) is 3.57. The molecule has 0 fully saturated rings. The van der Waals surface area contributed by atoms with Crippen LogP contribution in [0.1, 0.15) is 5.69 Å². The molecule has 0 bridgehead atoms. The normalized spacial score (nSPS) is 10.9. The van der Waals surface area contributed by atoms with Gasteiger partial charge in [0.2, 0.25) is 0 Å². The Morgan fingerprint density at radius 1 is 1.22 bits per heavy atom. The molecule has 2 aromatic heterocycles. The lowest BCUT2D eigenvalue weighted by Gasteiger charge is -1.96. The lowest BCUT2D eigenvalue weighted by atomic mass is 10.3. The second-order valence-corrected chi connectivity index (χ2v) is 6.07. The van der Waals surface area contributed by atoms with E-state index in [0.29, 0.717) is 0 Å². The van der Waals surface area contributed by atoms with E-state index in [2.05, 4.69) is 9.97 Å². The van der Waals surface area contributed by atoms with Gasteiger partial charge in [0.1, 0.15) is 0 Å². The SMILES string of the molecule is Nc1ccc2nc(SCc3ccccn3)sc2c1. The van der Waals surface area contributed by atoms with E-state index in [1.165, 1.54) is 0 Å². The van der Waals surface area contributed by atoms with Crippen LogP contribution in [0.2, 0.25) is 0 Å². The van der Waals surface area contributed by atoms with Crippen LogP contribution in [0.4, 0.5) is 5.69 Å². The van der Waals surface area contributed by atoms with E-state index in [-0.39, 0.29) is 0 Å². The summed E-state index contributed by atoms with van der Waals surface area (Å²) in [6.45, 7) is 0. The summed E-state index contributed by atoms with van der Waals surface area (Å²) < 4.78 is 2.19. The maximum Gasteiger partial charge on any atom is 0.151 e. The van der Waals surface area contributed by atoms with Gasteiger partial charge in [-0.25, -0.2) is 4.98 Å². The molecular weight excluding hydrogens is 262 g/mol. The van der Waals surface area contributed by atoms with Gasteiger partial charge in [0, 0.05) is 17.6 Å². The van der Waals surface area contributed by atoms with E-state index >= 15 is 0 Å². The van der Waals surface area contributed by atoms with Crippen LogP contribution in [-0.4, -0.2) is 9.97 Å². The van der Waals surface area contributed by atoms with Crippen molar-refractivity contribution in [2.24, 2.45) is 0 Å². The van der Waals surface area contributed by atoms with Crippen molar-refractivity contribution in [3.63, 3.8) is 0 Å². The minimum Gasteiger partial charge on any atom is -0.399 e. The second-order valence-electron chi connectivity index (χ2n) is 3.82. The Hall–Kier alpha value is -1.59. The molecule has 90 valence electrons. The minimum atomic E-state index is 0.785. The van der Waals surface area contributed by atoms with Crippen LogP contribution in [0.3, 0.4) is 0 Å². The monoisotopic (exact) mass is 273 g/mol. The van der Waals surface area contributed by atoms with Crippen LogP contribution < -0.4 is 5.73 Å². The topological polar surface area (TPSA) is 51.8 Å². The summed E-state index contributed by atoms with van der Waals surface area (Å²) in [6, 6.07) is 11.8. The average Bonchev–Trinajstić information content (AvgIpc) is 2.79. The Balaban J connectivity index is 1.79. The molecule has 18 heavy (non-hydrogen) atoms. The number of nitrogens with two attached hydrogens (primary N) is 1. The van der Waals surface area contributed by atoms with Crippen LogP contribution in [0.15, 0.2) is 46.9 Å². The third kappa shape index (κ3) is 2.47. The Morgan fingerprint density at radius 2 is 2.17 bits per heavy atom. The molecule has 0 unspecified atom stereocenters. The minimum absolute atomic E-state index is 0.785. The summed E-state index contributed by atoms with van der Waals surface area (Å²) in [5.74, 6) is 0.843. The van der Waals surface area contributed by atoms with Crippen molar-refractivity contribution in [3.8, 4) is 0 Å². The molecule has 3 rings (SSSR count). The first-order valence-corrected chi connectivity index (χ1v) is 7.30. The third-order valence-corrected chi connectivity index (χ3v) is 4.66. The van der Waals surface area contributed by atoms with Crippen molar-refractivity contribution in [1.82, 2.24) is 9.97 Å². The van der Waals surface area contributed by atoms with Gasteiger partial charge in [-0.1, -0.05) is 17.8 Å². The molecule has 0 atom stereocenters. The fraction of sp³-hybridized carbons (Fsp3) is 0.0769. The van der Waals surface area contributed by atoms with Gasteiger partial charge in [-0.15, -0.1) is 11.3 Å². The number of aromatic nitrogens is 2. The van der Waals surface area contributed by atoms with Crippen molar-refractivity contribution in [3.05, 3.63) is 48.3 Å². The fourth-order valence-corrected chi connectivity index (χ4v) is 3.63.